The van der Waals surface area contributed by atoms with E-state index in [4.69, 9.17) is 5.11 Å². The molecule has 0 aromatic carbocycles. The highest BCUT2D eigenvalue weighted by Gasteiger charge is 2.42. The van der Waals surface area contributed by atoms with Crippen LogP contribution in [0.5, 0.6) is 0 Å². The van der Waals surface area contributed by atoms with Crippen LogP contribution in [-0.4, -0.2) is 24.8 Å². The molecule has 2 heteroatoms. The monoisotopic (exact) mass is 185 g/mol. The van der Waals surface area contributed by atoms with Crippen LogP contribution in [0.15, 0.2) is 0 Å². The Balaban J connectivity index is 2.78. The van der Waals surface area contributed by atoms with Crippen LogP contribution >= 0.6 is 0 Å². The number of piperidine rings is 1. The number of rotatable bonds is 2. The first-order valence-corrected chi connectivity index (χ1v) is 5.22. The molecule has 1 rings (SSSR count). The van der Waals surface area contributed by atoms with Crippen molar-refractivity contribution in [1.82, 2.24) is 5.32 Å². The van der Waals surface area contributed by atoms with Crippen molar-refractivity contribution in [2.45, 2.75) is 34.1 Å². The zero-order valence-electron chi connectivity index (χ0n) is 9.35. The van der Waals surface area contributed by atoms with E-state index in [0.29, 0.717) is 23.4 Å². The molecular weight excluding hydrogens is 162 g/mol. The van der Waals surface area contributed by atoms with E-state index in [1.165, 1.54) is 0 Å². The van der Waals surface area contributed by atoms with E-state index in [1.807, 2.05) is 0 Å². The summed E-state index contributed by atoms with van der Waals surface area (Å²) in [7, 11) is 0. The van der Waals surface area contributed by atoms with Crippen LogP contribution in [-0.2, 0) is 0 Å². The highest BCUT2D eigenvalue weighted by molar-refractivity contribution is 4.95. The lowest BCUT2D eigenvalue weighted by molar-refractivity contribution is 0.0135. The third-order valence-corrected chi connectivity index (χ3v) is 3.47. The van der Waals surface area contributed by atoms with Gasteiger partial charge in [0, 0.05) is 19.7 Å². The maximum absolute atomic E-state index is 9.06. The second kappa shape index (κ2) is 3.58. The second-order valence-corrected chi connectivity index (χ2v) is 5.65. The van der Waals surface area contributed by atoms with Crippen LogP contribution in [0.1, 0.15) is 34.1 Å². The fourth-order valence-electron chi connectivity index (χ4n) is 2.92. The Kier molecular flexibility index (Phi) is 3.03. The van der Waals surface area contributed by atoms with Crippen LogP contribution < -0.4 is 5.32 Å². The molecule has 0 aromatic rings. The summed E-state index contributed by atoms with van der Waals surface area (Å²) >= 11 is 0. The van der Waals surface area contributed by atoms with Gasteiger partial charge in [-0.05, 0) is 23.2 Å². The highest BCUT2D eigenvalue weighted by atomic mass is 16.3. The molecule has 0 aromatic heterocycles. The quantitative estimate of drug-likeness (QED) is 0.685. The van der Waals surface area contributed by atoms with Crippen molar-refractivity contribution < 1.29 is 5.11 Å². The minimum atomic E-state index is 0.310. The smallest absolute Gasteiger partial charge is 0.0434 e. The minimum absolute atomic E-state index is 0.310. The summed E-state index contributed by atoms with van der Waals surface area (Å²) in [4.78, 5) is 0. The topological polar surface area (TPSA) is 32.3 Å². The van der Waals surface area contributed by atoms with Gasteiger partial charge in [-0.1, -0.05) is 27.7 Å². The van der Waals surface area contributed by atoms with Gasteiger partial charge in [0.2, 0.25) is 0 Å². The molecule has 0 aliphatic carbocycles. The number of nitrogens with one attached hydrogen (secondary N) is 1. The summed E-state index contributed by atoms with van der Waals surface area (Å²) in [6.07, 6.45) is 0.932. The van der Waals surface area contributed by atoms with Crippen molar-refractivity contribution in [3.8, 4) is 0 Å². The maximum atomic E-state index is 9.06. The molecular formula is C11H23NO. The third kappa shape index (κ3) is 2.23. The Morgan fingerprint density at radius 1 is 1.15 bits per heavy atom. The maximum Gasteiger partial charge on any atom is 0.0434 e. The molecule has 1 aliphatic rings. The lowest BCUT2D eigenvalue weighted by Crippen LogP contribution is -2.53. The van der Waals surface area contributed by atoms with E-state index < -0.39 is 0 Å². The first kappa shape index (κ1) is 11.0. The van der Waals surface area contributed by atoms with Crippen molar-refractivity contribution in [2.75, 3.05) is 19.7 Å². The van der Waals surface area contributed by atoms with E-state index in [2.05, 4.69) is 33.0 Å². The summed E-state index contributed by atoms with van der Waals surface area (Å²) < 4.78 is 0. The summed E-state index contributed by atoms with van der Waals surface area (Å²) in [6, 6.07) is 0. The zero-order chi connectivity index (χ0) is 10.1. The minimum Gasteiger partial charge on any atom is -0.396 e. The Hall–Kier alpha value is -0.0800. The molecule has 1 aliphatic heterocycles. The van der Waals surface area contributed by atoms with Gasteiger partial charge >= 0.3 is 0 Å². The largest absolute Gasteiger partial charge is 0.396 e. The normalized spacial score (nSPS) is 27.5. The SMILES string of the molecule is CC1(C)CNCC(C)(C)C1CCO. The highest BCUT2D eigenvalue weighted by Crippen LogP contribution is 2.44. The van der Waals surface area contributed by atoms with Crippen LogP contribution in [0.25, 0.3) is 0 Å². The average Bonchev–Trinajstić information content (AvgIpc) is 1.96. The molecule has 0 spiro atoms. The molecule has 0 bridgehead atoms. The summed E-state index contributed by atoms with van der Waals surface area (Å²) in [5.74, 6) is 0.617. The van der Waals surface area contributed by atoms with Gasteiger partial charge < -0.3 is 10.4 Å². The predicted octanol–water partition coefficient (Wildman–Crippen LogP) is 1.64. The number of aliphatic hydroxyl groups is 1. The second-order valence-electron chi connectivity index (χ2n) is 5.65. The molecule has 0 atom stereocenters. The van der Waals surface area contributed by atoms with E-state index in [0.717, 1.165) is 19.5 Å². The van der Waals surface area contributed by atoms with Crippen molar-refractivity contribution in [1.29, 1.82) is 0 Å². The Labute approximate surface area is 81.7 Å². The molecule has 1 heterocycles. The Bertz CT molecular complexity index is 159. The van der Waals surface area contributed by atoms with Gasteiger partial charge in [-0.25, -0.2) is 0 Å². The van der Waals surface area contributed by atoms with Crippen LogP contribution in [0.2, 0.25) is 0 Å². The molecule has 1 saturated heterocycles. The first-order valence-electron chi connectivity index (χ1n) is 5.22. The van der Waals surface area contributed by atoms with Gasteiger partial charge in [0.1, 0.15) is 0 Å². The zero-order valence-corrected chi connectivity index (χ0v) is 9.35. The van der Waals surface area contributed by atoms with Crippen LogP contribution in [0.4, 0.5) is 0 Å². The predicted molar refractivity (Wildman–Crippen MR) is 55.6 cm³/mol. The average molecular weight is 185 g/mol. The van der Waals surface area contributed by atoms with Crippen molar-refractivity contribution in [3.05, 3.63) is 0 Å². The molecule has 0 radical (unpaired) electrons. The van der Waals surface area contributed by atoms with E-state index >= 15 is 0 Å². The lowest BCUT2D eigenvalue weighted by Gasteiger charge is -2.49. The van der Waals surface area contributed by atoms with Gasteiger partial charge in [-0.3, -0.25) is 0 Å². The van der Waals surface area contributed by atoms with E-state index in [-0.39, 0.29) is 0 Å². The molecule has 2 nitrogen and oxygen atoms in total. The van der Waals surface area contributed by atoms with E-state index in [9.17, 15) is 0 Å². The molecule has 0 amide bonds. The number of aliphatic hydroxyl groups excluding tert-OH is 1. The van der Waals surface area contributed by atoms with Crippen molar-refractivity contribution in [2.24, 2.45) is 16.7 Å². The molecule has 0 saturated carbocycles. The van der Waals surface area contributed by atoms with Gasteiger partial charge in [-0.2, -0.15) is 0 Å². The molecule has 0 unspecified atom stereocenters. The summed E-state index contributed by atoms with van der Waals surface area (Å²) in [5, 5.41) is 12.5. The number of hydrogen-bond donors (Lipinski definition) is 2. The van der Waals surface area contributed by atoms with Crippen molar-refractivity contribution in [3.63, 3.8) is 0 Å². The van der Waals surface area contributed by atoms with Gasteiger partial charge in [-0.15, -0.1) is 0 Å². The van der Waals surface area contributed by atoms with E-state index in [1.54, 1.807) is 0 Å². The Morgan fingerprint density at radius 3 is 2.00 bits per heavy atom. The van der Waals surface area contributed by atoms with Crippen LogP contribution in [0, 0.1) is 16.7 Å². The lowest BCUT2D eigenvalue weighted by atomic mass is 9.61. The molecule has 1 fully saturated rings. The first-order chi connectivity index (χ1) is 5.90. The third-order valence-electron chi connectivity index (χ3n) is 3.47. The number of hydrogen-bond acceptors (Lipinski definition) is 2. The fraction of sp³-hybridized carbons (Fsp3) is 1.00. The van der Waals surface area contributed by atoms with Gasteiger partial charge in [0.25, 0.3) is 0 Å². The molecule has 13 heavy (non-hydrogen) atoms. The van der Waals surface area contributed by atoms with Gasteiger partial charge in [0.15, 0.2) is 0 Å². The van der Waals surface area contributed by atoms with Crippen molar-refractivity contribution >= 4 is 0 Å². The molecule has 2 N–H and O–H groups in total. The molecule has 78 valence electrons. The Morgan fingerprint density at radius 2 is 1.62 bits per heavy atom. The summed E-state index contributed by atoms with van der Waals surface area (Å²) in [5.41, 5.74) is 0.620. The standard InChI is InChI=1S/C11H23NO/c1-10(2)7-12-8-11(3,4)9(10)5-6-13/h9,12-13H,5-8H2,1-4H3. The van der Waals surface area contributed by atoms with Crippen LogP contribution in [0.3, 0.4) is 0 Å². The van der Waals surface area contributed by atoms with Gasteiger partial charge in [0.05, 0.1) is 0 Å². The summed E-state index contributed by atoms with van der Waals surface area (Å²) in [6.45, 7) is 11.6. The fourth-order valence-corrected chi connectivity index (χ4v) is 2.92.